The summed E-state index contributed by atoms with van der Waals surface area (Å²) >= 11 is 0. The quantitative estimate of drug-likeness (QED) is 0.146. The molecular formula is C36H12N6. The van der Waals surface area contributed by atoms with Crippen LogP contribution in [0, 0.1) is 49.0 Å². The van der Waals surface area contributed by atoms with E-state index in [0.29, 0.717) is 50.1 Å². The highest BCUT2D eigenvalue weighted by atomic mass is 14.9. The topological polar surface area (TPSA) is 65.0 Å². The molecule has 0 unspecified atom stereocenters. The van der Waals surface area contributed by atoms with E-state index in [4.69, 9.17) is 26.3 Å². The Balaban J connectivity index is 1.88. The molecule has 3 aliphatic carbocycles. The van der Waals surface area contributed by atoms with Gasteiger partial charge in [-0.15, -0.1) is 0 Å². The van der Waals surface area contributed by atoms with E-state index < -0.39 is 0 Å². The average molecular weight is 529 g/mol. The monoisotopic (exact) mass is 528 g/mol. The number of benzene rings is 4. The van der Waals surface area contributed by atoms with Crippen LogP contribution >= 0.6 is 0 Å². The molecule has 0 N–H and O–H groups in total. The van der Waals surface area contributed by atoms with Crippen LogP contribution in [0.1, 0.15) is 33.4 Å². The van der Waals surface area contributed by atoms with Crippen LogP contribution in [0.3, 0.4) is 0 Å². The summed E-state index contributed by atoms with van der Waals surface area (Å²) in [6, 6.07) is 26.8. The molecule has 42 heavy (non-hydrogen) atoms. The summed E-state index contributed by atoms with van der Waals surface area (Å²) in [5.74, 6) is -0.101. The van der Waals surface area contributed by atoms with Crippen molar-refractivity contribution in [3.8, 4) is 45.5 Å². The normalized spacial score (nSPS) is 14.6. The Morgan fingerprint density at radius 1 is 0.429 bits per heavy atom. The molecule has 0 spiro atoms. The molecule has 0 aliphatic heterocycles. The van der Waals surface area contributed by atoms with Crippen molar-refractivity contribution in [1.29, 1.82) is 10.5 Å². The SMILES string of the molecule is [C-]#[N+]C([N+]#[C-])=C1c2ccccc2-c2c1c1c(c3c2/C(=C(/C#N)[N+]#[C-])c2ccccc2-3)/C(=C(\C#N)[N+]#[C-])c2ccccc2-1. The van der Waals surface area contributed by atoms with Gasteiger partial charge in [0.15, 0.2) is 0 Å². The van der Waals surface area contributed by atoms with E-state index in [1.54, 1.807) is 0 Å². The zero-order valence-electron chi connectivity index (χ0n) is 21.6. The molecule has 0 saturated carbocycles. The van der Waals surface area contributed by atoms with Gasteiger partial charge in [0.2, 0.25) is 0 Å². The number of allylic oxidation sites excluding steroid dienone is 2. The second-order valence-electron chi connectivity index (χ2n) is 9.70. The summed E-state index contributed by atoms with van der Waals surface area (Å²) in [5.41, 5.74) is 9.86. The largest absolute Gasteiger partial charge is 0.527 e. The third-order valence-corrected chi connectivity index (χ3v) is 7.99. The van der Waals surface area contributed by atoms with Gasteiger partial charge in [0, 0.05) is 11.1 Å². The predicted molar refractivity (Wildman–Crippen MR) is 158 cm³/mol. The second-order valence-corrected chi connectivity index (χ2v) is 9.70. The van der Waals surface area contributed by atoms with Crippen LogP contribution in [0.5, 0.6) is 0 Å². The first-order valence-corrected chi connectivity index (χ1v) is 12.7. The molecule has 0 fully saturated rings. The lowest BCUT2D eigenvalue weighted by atomic mass is 9.83. The molecule has 4 aromatic carbocycles. The first kappa shape index (κ1) is 24.1. The molecule has 7 rings (SSSR count). The Kier molecular flexibility index (Phi) is 5.04. The summed E-state index contributed by atoms with van der Waals surface area (Å²) in [6.07, 6.45) is 0. The number of rotatable bonds is 0. The Bertz CT molecular complexity index is 2020. The maximum Gasteiger partial charge on any atom is 0.527 e. The third kappa shape index (κ3) is 2.80. The van der Waals surface area contributed by atoms with Gasteiger partial charge in [0.05, 0.1) is 30.9 Å². The first-order valence-electron chi connectivity index (χ1n) is 12.7. The van der Waals surface area contributed by atoms with Crippen LogP contribution in [0.25, 0.3) is 69.5 Å². The van der Waals surface area contributed by atoms with Crippen molar-refractivity contribution in [3.05, 3.63) is 169 Å². The van der Waals surface area contributed by atoms with Gasteiger partial charge in [0.1, 0.15) is 13.1 Å². The maximum atomic E-state index is 10.1. The van der Waals surface area contributed by atoms with Crippen LogP contribution in [0.15, 0.2) is 90.0 Å². The lowest BCUT2D eigenvalue weighted by molar-refractivity contribution is 1.49. The van der Waals surface area contributed by atoms with Gasteiger partial charge in [-0.1, -0.05) is 72.8 Å². The fraction of sp³-hybridized carbons (Fsp3) is 0. The van der Waals surface area contributed by atoms with Crippen molar-refractivity contribution in [2.45, 2.75) is 0 Å². The van der Waals surface area contributed by atoms with Gasteiger partial charge in [-0.2, -0.15) is 9.69 Å². The summed E-state index contributed by atoms with van der Waals surface area (Å²) in [7, 11) is 0. The minimum Gasteiger partial charge on any atom is -0.226 e. The van der Waals surface area contributed by atoms with Crippen molar-refractivity contribution in [3.63, 3.8) is 0 Å². The molecule has 0 aromatic heterocycles. The molecule has 0 bridgehead atoms. The molecule has 0 radical (unpaired) electrons. The zero-order chi connectivity index (χ0) is 29.1. The first-order chi connectivity index (χ1) is 20.6. The molecule has 0 atom stereocenters. The fourth-order valence-corrected chi connectivity index (χ4v) is 6.60. The van der Waals surface area contributed by atoms with E-state index in [9.17, 15) is 10.5 Å². The molecular weight excluding hydrogens is 516 g/mol. The second kappa shape index (κ2) is 8.78. The van der Waals surface area contributed by atoms with E-state index in [1.807, 2.05) is 72.8 Å². The summed E-state index contributed by atoms with van der Waals surface area (Å²) in [6.45, 7) is 31.6. The van der Waals surface area contributed by atoms with Gasteiger partial charge >= 0.3 is 5.82 Å². The number of nitrogens with zero attached hydrogens (tertiary/aromatic N) is 6. The molecule has 186 valence electrons. The highest BCUT2D eigenvalue weighted by Crippen LogP contribution is 2.64. The van der Waals surface area contributed by atoms with E-state index in [-0.39, 0.29) is 17.2 Å². The van der Waals surface area contributed by atoms with Crippen LogP contribution in [-0.4, -0.2) is 0 Å². The fourth-order valence-electron chi connectivity index (χ4n) is 6.60. The van der Waals surface area contributed by atoms with E-state index in [0.717, 1.165) is 33.4 Å². The molecule has 3 aliphatic rings. The molecule has 0 heterocycles. The third-order valence-electron chi connectivity index (χ3n) is 7.99. The number of hydrogen-bond acceptors (Lipinski definition) is 2. The van der Waals surface area contributed by atoms with Crippen molar-refractivity contribution in [2.24, 2.45) is 0 Å². The summed E-state index contributed by atoms with van der Waals surface area (Å²) in [4.78, 5) is 14.5. The Labute approximate surface area is 241 Å². The lowest BCUT2D eigenvalue weighted by Crippen LogP contribution is -1.98. The molecule has 0 saturated heterocycles. The molecule has 6 nitrogen and oxygen atoms in total. The highest BCUT2D eigenvalue weighted by Gasteiger charge is 2.45. The number of nitriles is 2. The maximum absolute atomic E-state index is 10.1. The highest BCUT2D eigenvalue weighted by molar-refractivity contribution is 6.24. The minimum atomic E-state index is -0.101. The van der Waals surface area contributed by atoms with Crippen molar-refractivity contribution >= 4 is 16.7 Å². The zero-order valence-corrected chi connectivity index (χ0v) is 21.6. The van der Waals surface area contributed by atoms with E-state index in [2.05, 4.69) is 31.5 Å². The Morgan fingerprint density at radius 3 is 1.05 bits per heavy atom. The smallest absolute Gasteiger partial charge is 0.226 e. The summed E-state index contributed by atoms with van der Waals surface area (Å²) in [5, 5.41) is 20.3. The van der Waals surface area contributed by atoms with Crippen LogP contribution in [0.4, 0.5) is 0 Å². The van der Waals surface area contributed by atoms with Crippen LogP contribution < -0.4 is 0 Å². The lowest BCUT2D eigenvalue weighted by Gasteiger charge is -2.18. The van der Waals surface area contributed by atoms with Crippen molar-refractivity contribution in [2.75, 3.05) is 0 Å². The number of hydrogen-bond donors (Lipinski definition) is 0. The van der Waals surface area contributed by atoms with Crippen molar-refractivity contribution in [1.82, 2.24) is 0 Å². The van der Waals surface area contributed by atoms with Gasteiger partial charge in [0.25, 0.3) is 11.4 Å². The van der Waals surface area contributed by atoms with Crippen LogP contribution in [-0.2, 0) is 0 Å². The Morgan fingerprint density at radius 2 is 0.738 bits per heavy atom. The average Bonchev–Trinajstić information content (AvgIpc) is 3.66. The standard InChI is InChI=1S/C36H12N6/c1-39-25(17-37)27-19-11-5-7-13-21(19)29-33-28(26(18-38)40-2)20-12-6-8-14-22(20)30(33)35-31(34(27)29)23-15-9-10-16-24(23)32(35)36(41-3)42-4/h5-16H/b27-25-,28-26+. The minimum absolute atomic E-state index is 0.0828. The Hall–Kier alpha value is -6.96. The van der Waals surface area contributed by atoms with Gasteiger partial charge < -0.3 is 0 Å². The predicted octanol–water partition coefficient (Wildman–Crippen LogP) is 8.59. The van der Waals surface area contributed by atoms with E-state index in [1.165, 1.54) is 0 Å². The van der Waals surface area contributed by atoms with E-state index >= 15 is 0 Å². The van der Waals surface area contributed by atoms with Gasteiger partial charge in [-0.25, -0.2) is 20.2 Å². The molecule has 0 amide bonds. The van der Waals surface area contributed by atoms with Gasteiger partial charge in [-0.05, 0) is 66.8 Å². The van der Waals surface area contributed by atoms with Crippen LogP contribution in [0.2, 0.25) is 0 Å². The molecule has 4 aromatic rings. The van der Waals surface area contributed by atoms with Gasteiger partial charge in [-0.3, -0.25) is 0 Å². The van der Waals surface area contributed by atoms with Crippen molar-refractivity contribution < 1.29 is 0 Å². The summed E-state index contributed by atoms with van der Waals surface area (Å²) < 4.78 is 0. The number of fused-ring (bicyclic) bond motifs is 12. The molecule has 6 heteroatoms.